The van der Waals surface area contributed by atoms with Crippen molar-refractivity contribution in [2.75, 3.05) is 46.8 Å². The van der Waals surface area contributed by atoms with E-state index >= 15 is 0 Å². The Labute approximate surface area is 290 Å². The van der Waals surface area contributed by atoms with Gasteiger partial charge in [-0.25, -0.2) is 0 Å². The minimum atomic E-state index is -0.669. The number of aliphatic hydroxyl groups is 2. The molecule has 2 aromatic rings. The second-order valence-electron chi connectivity index (χ2n) is 9.57. The second-order valence-corrected chi connectivity index (χ2v) is 9.57. The lowest BCUT2D eigenvalue weighted by molar-refractivity contribution is -0.144. The van der Waals surface area contributed by atoms with Crippen molar-refractivity contribution in [2.24, 2.45) is 5.28 Å². The number of carbonyl (C=O) groups is 4. The van der Waals surface area contributed by atoms with Gasteiger partial charge in [-0.2, -0.15) is 0 Å². The van der Waals surface area contributed by atoms with E-state index in [0.717, 1.165) is 44.2 Å². The maximum Gasteiger partial charge on any atom is 0.317 e. The summed E-state index contributed by atoms with van der Waals surface area (Å²) in [5, 5.41) is 27.4. The van der Waals surface area contributed by atoms with E-state index in [1.807, 2.05) is 63.1 Å². The zero-order valence-electron chi connectivity index (χ0n) is 29.7. The lowest BCUT2D eigenvalue weighted by Gasteiger charge is -2.17. The van der Waals surface area contributed by atoms with Crippen LogP contribution >= 0.6 is 0 Å². The van der Waals surface area contributed by atoms with Gasteiger partial charge < -0.3 is 45.3 Å². The molecule has 0 fully saturated rings. The van der Waals surface area contributed by atoms with Crippen LogP contribution in [0.1, 0.15) is 70.7 Å². The molecule has 2 atom stereocenters. The van der Waals surface area contributed by atoms with Crippen molar-refractivity contribution < 1.29 is 43.7 Å². The Hall–Kier alpha value is -4.37. The molecular weight excluding hydrogens is 636 g/mol. The first kappa shape index (κ1) is 49.0. The van der Waals surface area contributed by atoms with Gasteiger partial charge in [0.05, 0.1) is 25.4 Å². The van der Waals surface area contributed by atoms with E-state index in [9.17, 15) is 14.4 Å². The van der Waals surface area contributed by atoms with Gasteiger partial charge >= 0.3 is 5.97 Å². The summed E-state index contributed by atoms with van der Waals surface area (Å²) in [6.07, 6.45) is 2.05. The van der Waals surface area contributed by atoms with E-state index in [0.29, 0.717) is 18.6 Å². The molecule has 0 aliphatic rings. The summed E-state index contributed by atoms with van der Waals surface area (Å²) in [6.45, 7) is 14.0. The summed E-state index contributed by atoms with van der Waals surface area (Å²) in [6, 6.07) is 17.1. The molecule has 0 spiro atoms. The average molecular weight is 693 g/mol. The highest BCUT2D eigenvalue weighted by atomic mass is 16.7. The maximum atomic E-state index is 11.8. The third-order valence-electron chi connectivity index (χ3n) is 5.71. The van der Waals surface area contributed by atoms with E-state index in [1.54, 1.807) is 19.1 Å². The highest BCUT2D eigenvalue weighted by Crippen LogP contribution is 2.19. The smallest absolute Gasteiger partial charge is 0.317 e. The molecule has 0 saturated heterocycles. The molecular formula is C34H56N6O9. The van der Waals surface area contributed by atoms with Crippen LogP contribution in [0.4, 0.5) is 0 Å². The van der Waals surface area contributed by atoms with E-state index < -0.39 is 12.1 Å². The number of nitrogens with zero attached hydrogens (tertiary/aromatic N) is 3. The number of ether oxygens (including phenoxy) is 2. The number of rotatable bonds is 19. The molecule has 276 valence electrons. The topological polar surface area (TPSA) is 221 Å². The van der Waals surface area contributed by atoms with Gasteiger partial charge in [0, 0.05) is 44.0 Å². The van der Waals surface area contributed by atoms with Crippen molar-refractivity contribution in [1.82, 2.24) is 16.0 Å². The first-order chi connectivity index (χ1) is 23.8. The van der Waals surface area contributed by atoms with Gasteiger partial charge in [0.15, 0.2) is 0 Å². The minimum Gasteiger partial charge on any atom is -0.400 e. The molecule has 2 aromatic carbocycles. The lowest BCUT2D eigenvalue weighted by Crippen LogP contribution is -2.37. The van der Waals surface area contributed by atoms with Gasteiger partial charge in [-0.05, 0) is 55.1 Å². The van der Waals surface area contributed by atoms with Crippen molar-refractivity contribution >= 4 is 24.6 Å². The SMILES string of the molecule is C=O.CC.CC(O)CNC(=O)c1ccc(-c2ccccc2)cc1.CCCCNCCOCOCC(CCC(=O)ON=[N+]=[N-])NC(C)=O.CO. The normalized spacial score (nSPS) is 10.5. The molecule has 0 radical (unpaired) electrons. The Morgan fingerprint density at radius 1 is 0.980 bits per heavy atom. The second kappa shape index (κ2) is 36.5. The summed E-state index contributed by atoms with van der Waals surface area (Å²) in [5.41, 5.74) is 10.8. The van der Waals surface area contributed by atoms with Crippen molar-refractivity contribution in [2.45, 2.75) is 72.4 Å². The molecule has 0 heterocycles. The molecule has 15 heteroatoms. The van der Waals surface area contributed by atoms with E-state index in [4.69, 9.17) is 30.0 Å². The van der Waals surface area contributed by atoms with Crippen LogP contribution in [-0.4, -0.2) is 93.7 Å². The number of hydrogen-bond donors (Lipinski definition) is 5. The van der Waals surface area contributed by atoms with Gasteiger partial charge in [0.1, 0.15) is 18.9 Å². The third-order valence-corrected chi connectivity index (χ3v) is 5.71. The standard InChI is InChI=1S/C16H17NO2.C14H27N5O5.C2H6.CH4O.CH2O/c1-12(18)11-17-16(19)15-9-7-14(8-10-15)13-5-3-2-4-6-13;1-3-4-7-16-8-9-22-11-23-10-13(17-12(2)20)5-6-14(21)24-19-18-15;3*1-2/h2-10,12,18H,11H2,1H3,(H,17,19);13,16H,3-11H2,1-2H3,(H,17,20);1-2H3;2H,1H3;1H2. The Bertz CT molecular complexity index is 1130. The molecule has 5 N–H and O–H groups in total. The van der Waals surface area contributed by atoms with Crippen LogP contribution in [0.15, 0.2) is 59.9 Å². The highest BCUT2D eigenvalue weighted by molar-refractivity contribution is 5.94. The fraction of sp³-hybridized carbons (Fsp3) is 0.529. The molecule has 15 nitrogen and oxygen atoms in total. The summed E-state index contributed by atoms with van der Waals surface area (Å²) in [7, 11) is 1.00. The third kappa shape index (κ3) is 29.5. The maximum absolute atomic E-state index is 11.8. The molecule has 2 rings (SSSR count). The molecule has 2 amide bonds. The van der Waals surface area contributed by atoms with Crippen LogP contribution in [0.3, 0.4) is 0 Å². The Morgan fingerprint density at radius 3 is 2.14 bits per heavy atom. The fourth-order valence-electron chi connectivity index (χ4n) is 3.55. The Balaban J connectivity index is -0.000000759. The van der Waals surface area contributed by atoms with Crippen molar-refractivity contribution in [3.63, 3.8) is 0 Å². The van der Waals surface area contributed by atoms with Crippen LogP contribution in [0.25, 0.3) is 21.6 Å². The van der Waals surface area contributed by atoms with Crippen molar-refractivity contribution in [3.8, 4) is 11.1 Å². The average Bonchev–Trinajstić information content (AvgIpc) is 3.14. The van der Waals surface area contributed by atoms with Crippen LogP contribution in [0.5, 0.6) is 0 Å². The monoisotopic (exact) mass is 692 g/mol. The molecule has 0 bridgehead atoms. The lowest BCUT2D eigenvalue weighted by atomic mass is 10.0. The fourth-order valence-corrected chi connectivity index (χ4v) is 3.55. The Morgan fingerprint density at radius 2 is 1.59 bits per heavy atom. The predicted octanol–water partition coefficient (Wildman–Crippen LogP) is 4.33. The molecule has 0 aliphatic heterocycles. The van der Waals surface area contributed by atoms with Crippen LogP contribution in [0, 0.1) is 0 Å². The molecule has 49 heavy (non-hydrogen) atoms. The summed E-state index contributed by atoms with van der Waals surface area (Å²) >= 11 is 0. The van der Waals surface area contributed by atoms with Gasteiger partial charge in [0.2, 0.25) is 5.91 Å². The number of unbranched alkanes of at least 4 members (excludes halogenated alkanes) is 1. The van der Waals surface area contributed by atoms with Gasteiger partial charge in [-0.15, -0.1) is 0 Å². The van der Waals surface area contributed by atoms with Crippen LogP contribution < -0.4 is 16.0 Å². The highest BCUT2D eigenvalue weighted by Gasteiger charge is 2.13. The quantitative estimate of drug-likeness (QED) is 0.0350. The zero-order chi connectivity index (χ0) is 37.7. The van der Waals surface area contributed by atoms with E-state index in [2.05, 4.69) is 37.9 Å². The van der Waals surface area contributed by atoms with Crippen LogP contribution in [0.2, 0.25) is 0 Å². The van der Waals surface area contributed by atoms with Crippen LogP contribution in [-0.2, 0) is 28.7 Å². The first-order valence-corrected chi connectivity index (χ1v) is 16.0. The number of benzene rings is 2. The van der Waals surface area contributed by atoms with Gasteiger partial charge in [-0.1, -0.05) is 69.7 Å². The summed E-state index contributed by atoms with van der Waals surface area (Å²) in [5.74, 6) is -1.06. The van der Waals surface area contributed by atoms with E-state index in [-0.39, 0.29) is 44.2 Å². The zero-order valence-corrected chi connectivity index (χ0v) is 29.7. The van der Waals surface area contributed by atoms with Crippen molar-refractivity contribution in [1.29, 1.82) is 0 Å². The number of amides is 2. The van der Waals surface area contributed by atoms with Crippen molar-refractivity contribution in [3.05, 3.63) is 70.6 Å². The summed E-state index contributed by atoms with van der Waals surface area (Å²) < 4.78 is 10.6. The Kier molecular flexibility index (Phi) is 36.5. The van der Waals surface area contributed by atoms with Gasteiger partial charge in [-0.3, -0.25) is 14.4 Å². The largest absolute Gasteiger partial charge is 0.400 e. The number of carbonyl (C=O) groups excluding carboxylic acids is 4. The molecule has 2 unspecified atom stereocenters. The molecule has 0 aromatic heterocycles. The van der Waals surface area contributed by atoms with E-state index in [1.165, 1.54) is 6.92 Å². The first-order valence-electron chi connectivity index (χ1n) is 16.0. The number of nitrogens with one attached hydrogen (secondary N) is 3. The minimum absolute atomic E-state index is 0.00443. The molecule has 0 aliphatic carbocycles. The summed E-state index contributed by atoms with van der Waals surface area (Å²) in [4.78, 5) is 48.7. The number of azide groups is 1. The molecule has 0 saturated carbocycles. The predicted molar refractivity (Wildman–Crippen MR) is 189 cm³/mol. The number of hydrogen-bond acceptors (Lipinski definition) is 11. The number of aliphatic hydroxyl groups excluding tert-OH is 2. The van der Waals surface area contributed by atoms with Gasteiger partial charge in [0.25, 0.3) is 5.91 Å².